The molecule has 0 radical (unpaired) electrons. The van der Waals surface area contributed by atoms with Crippen LogP contribution in [0, 0.1) is 3.57 Å². The Morgan fingerprint density at radius 3 is 2.74 bits per heavy atom. The summed E-state index contributed by atoms with van der Waals surface area (Å²) in [5.74, 6) is 0.0777. The van der Waals surface area contributed by atoms with Crippen molar-refractivity contribution in [3.05, 3.63) is 20.3 Å². The summed E-state index contributed by atoms with van der Waals surface area (Å²) in [6.45, 7) is -0.615. The summed E-state index contributed by atoms with van der Waals surface area (Å²) in [6, 6.07) is 0. The van der Waals surface area contributed by atoms with Gasteiger partial charge in [0.25, 0.3) is 0 Å². The van der Waals surface area contributed by atoms with Gasteiger partial charge in [0.1, 0.15) is 18.1 Å². The molecule has 0 aliphatic carbocycles. The largest absolute Gasteiger partial charge is 1.00 e. The topological polar surface area (TPSA) is 163 Å². The van der Waals surface area contributed by atoms with E-state index in [2.05, 4.69) is 9.51 Å². The molecule has 2 heterocycles. The molecule has 14 heteroatoms. The molecule has 0 bridgehead atoms. The molecule has 1 aliphatic rings. The smallest absolute Gasteiger partial charge is 0.790 e. The van der Waals surface area contributed by atoms with Gasteiger partial charge in [-0.2, -0.15) is 4.98 Å². The van der Waals surface area contributed by atoms with Crippen LogP contribution in [-0.2, 0) is 13.8 Å². The number of rotatable bonds is 4. The van der Waals surface area contributed by atoms with E-state index in [1.54, 1.807) is 0 Å². The molecular formula is C9H11IN3Na2O7P. The first-order valence-electron chi connectivity index (χ1n) is 5.71. The van der Waals surface area contributed by atoms with Gasteiger partial charge in [-0.15, -0.1) is 0 Å². The Hall–Kier alpha value is 1.44. The number of phosphoric ester groups is 1. The molecule has 1 aromatic heterocycles. The Kier molecular flexibility index (Phi) is 10.6. The van der Waals surface area contributed by atoms with Gasteiger partial charge in [0.05, 0.1) is 24.1 Å². The van der Waals surface area contributed by atoms with E-state index in [-0.39, 0.29) is 71.4 Å². The third-order valence-electron chi connectivity index (χ3n) is 2.85. The molecule has 118 valence electrons. The molecule has 1 aromatic rings. The van der Waals surface area contributed by atoms with Crippen molar-refractivity contribution < 1.29 is 87.8 Å². The Labute approximate surface area is 189 Å². The molecule has 0 aromatic carbocycles. The fourth-order valence-electron chi connectivity index (χ4n) is 1.86. The summed E-state index contributed by atoms with van der Waals surface area (Å²) in [4.78, 5) is 36.2. The number of nitrogens with two attached hydrogens (primary N) is 1. The standard InChI is InChI=1S/C9H13IN3O7P.2Na/c10-4-2-13(9(15)12-8(4)11)7-1-5(14)6(20-7)3-19-21(16,17)18;;/h2,5-7,14H,1,3H2,(H2,11,12,15)(H2,16,17,18);;/q;2*+1/p-2/t5-,6+,7+;;/m0../s1. The van der Waals surface area contributed by atoms with E-state index in [1.165, 1.54) is 6.20 Å². The van der Waals surface area contributed by atoms with E-state index in [0.717, 1.165) is 4.57 Å². The molecule has 10 nitrogen and oxygen atoms in total. The van der Waals surface area contributed by atoms with Crippen molar-refractivity contribution in [1.29, 1.82) is 0 Å². The molecular weight excluding hydrogens is 466 g/mol. The zero-order valence-corrected chi connectivity index (χ0v) is 19.5. The van der Waals surface area contributed by atoms with Crippen LogP contribution in [0.2, 0.25) is 0 Å². The number of aliphatic hydroxyl groups is 1. The van der Waals surface area contributed by atoms with Gasteiger partial charge in [0, 0.05) is 12.6 Å². The average Bonchev–Trinajstić information content (AvgIpc) is 2.72. The van der Waals surface area contributed by atoms with Crippen LogP contribution in [0.25, 0.3) is 0 Å². The quantitative estimate of drug-likeness (QED) is 0.244. The van der Waals surface area contributed by atoms with E-state index in [9.17, 15) is 24.3 Å². The number of aromatic nitrogens is 2. The number of nitrogens with zero attached hydrogens (tertiary/aromatic N) is 2. The fraction of sp³-hybridized carbons (Fsp3) is 0.556. The second-order valence-electron chi connectivity index (χ2n) is 4.34. The van der Waals surface area contributed by atoms with Crippen molar-refractivity contribution in [3.8, 4) is 0 Å². The van der Waals surface area contributed by atoms with Crippen molar-refractivity contribution in [3.63, 3.8) is 0 Å². The van der Waals surface area contributed by atoms with E-state index in [0.29, 0.717) is 3.57 Å². The minimum absolute atomic E-state index is 0. The van der Waals surface area contributed by atoms with Crippen LogP contribution >= 0.6 is 30.4 Å². The number of nitrogen functional groups attached to an aromatic ring is 1. The van der Waals surface area contributed by atoms with Gasteiger partial charge < -0.3 is 34.5 Å². The predicted octanol–water partition coefficient (Wildman–Crippen LogP) is -8.07. The van der Waals surface area contributed by atoms with Crippen molar-refractivity contribution in [1.82, 2.24) is 9.55 Å². The summed E-state index contributed by atoms with van der Waals surface area (Å²) in [7, 11) is -5.15. The second kappa shape index (κ2) is 9.95. The number of aliphatic hydroxyl groups excluding tert-OH is 1. The first-order valence-corrected chi connectivity index (χ1v) is 8.25. The van der Waals surface area contributed by atoms with Gasteiger partial charge in [-0.1, -0.05) is 0 Å². The van der Waals surface area contributed by atoms with E-state index in [4.69, 9.17) is 10.5 Å². The van der Waals surface area contributed by atoms with Crippen molar-refractivity contribution in [2.45, 2.75) is 24.9 Å². The Bertz CT molecular complexity index is 642. The normalized spacial score (nSPS) is 23.9. The number of halogens is 1. The molecule has 0 spiro atoms. The van der Waals surface area contributed by atoms with Gasteiger partial charge >= 0.3 is 64.8 Å². The molecule has 1 fully saturated rings. The molecule has 3 N–H and O–H groups in total. The predicted molar refractivity (Wildman–Crippen MR) is 73.7 cm³/mol. The van der Waals surface area contributed by atoms with Crippen molar-refractivity contribution in [2.75, 3.05) is 12.3 Å². The molecule has 0 unspecified atom stereocenters. The van der Waals surface area contributed by atoms with Gasteiger partial charge in [0.2, 0.25) is 0 Å². The molecule has 23 heavy (non-hydrogen) atoms. The molecule has 0 saturated carbocycles. The number of hydrogen-bond donors (Lipinski definition) is 2. The maximum Gasteiger partial charge on any atom is 1.00 e. The molecule has 3 atom stereocenters. The van der Waals surface area contributed by atoms with Crippen LogP contribution in [0.1, 0.15) is 12.6 Å². The van der Waals surface area contributed by atoms with E-state index >= 15 is 0 Å². The number of ether oxygens (including phenoxy) is 1. The van der Waals surface area contributed by atoms with Crippen LogP contribution in [0.4, 0.5) is 5.82 Å². The second-order valence-corrected chi connectivity index (χ2v) is 6.65. The maximum atomic E-state index is 11.7. The maximum absolute atomic E-state index is 11.7. The number of phosphoric acid groups is 1. The van der Waals surface area contributed by atoms with Crippen LogP contribution in [0.5, 0.6) is 0 Å². The van der Waals surface area contributed by atoms with Gasteiger partial charge in [-0.3, -0.25) is 4.57 Å². The average molecular weight is 477 g/mol. The first-order chi connectivity index (χ1) is 9.67. The van der Waals surface area contributed by atoms with Crippen molar-refractivity contribution in [2.24, 2.45) is 0 Å². The molecule has 1 aliphatic heterocycles. The summed E-state index contributed by atoms with van der Waals surface area (Å²) in [5, 5.41) is 9.77. The zero-order valence-electron chi connectivity index (χ0n) is 12.4. The minimum Gasteiger partial charge on any atom is -0.790 e. The van der Waals surface area contributed by atoms with Crippen LogP contribution in [0.15, 0.2) is 11.0 Å². The Balaban J connectivity index is 0.00000242. The summed E-state index contributed by atoms with van der Waals surface area (Å²) < 4.78 is 21.5. The van der Waals surface area contributed by atoms with Gasteiger partial charge in [-0.05, 0) is 22.6 Å². The van der Waals surface area contributed by atoms with Crippen LogP contribution in [-0.4, -0.2) is 33.5 Å². The Morgan fingerprint density at radius 1 is 1.57 bits per heavy atom. The summed E-state index contributed by atoms with van der Waals surface area (Å²) in [6.07, 6.45) is -1.52. The first kappa shape index (κ1) is 24.4. The molecule has 1 saturated heterocycles. The van der Waals surface area contributed by atoms with E-state index < -0.39 is 38.6 Å². The summed E-state index contributed by atoms with van der Waals surface area (Å²) >= 11 is 1.88. The van der Waals surface area contributed by atoms with Crippen LogP contribution < -0.4 is 80.3 Å². The number of anilines is 1. The van der Waals surface area contributed by atoms with Crippen molar-refractivity contribution >= 4 is 36.2 Å². The Morgan fingerprint density at radius 2 is 2.17 bits per heavy atom. The third kappa shape index (κ3) is 6.93. The fourth-order valence-corrected chi connectivity index (χ4v) is 2.61. The van der Waals surface area contributed by atoms with Gasteiger partial charge in [-0.25, -0.2) is 4.79 Å². The van der Waals surface area contributed by atoms with E-state index in [1.807, 2.05) is 22.6 Å². The SMILES string of the molecule is Nc1nc(=O)n([C@H]2C[C@H](O)[C@@H](COP(=O)([O-])[O-])O2)cc1I.[Na+].[Na+]. The van der Waals surface area contributed by atoms with Gasteiger partial charge in [0.15, 0.2) is 0 Å². The zero-order chi connectivity index (χ0) is 15.8. The summed E-state index contributed by atoms with van der Waals surface area (Å²) in [5.41, 5.74) is 4.83. The molecule has 0 amide bonds. The molecule has 2 rings (SSSR count). The minimum atomic E-state index is -5.15. The van der Waals surface area contributed by atoms with Crippen LogP contribution in [0.3, 0.4) is 0 Å². The number of hydrogen-bond acceptors (Lipinski definition) is 9. The third-order valence-corrected chi connectivity index (χ3v) is 4.14. The monoisotopic (exact) mass is 477 g/mol.